The highest BCUT2D eigenvalue weighted by molar-refractivity contribution is 5.92. The van der Waals surface area contributed by atoms with Crippen LogP contribution in [0, 0.1) is 6.92 Å². The minimum absolute atomic E-state index is 0.0927. The Labute approximate surface area is 143 Å². The van der Waals surface area contributed by atoms with E-state index in [1.54, 1.807) is 0 Å². The molecule has 0 heterocycles. The van der Waals surface area contributed by atoms with Gasteiger partial charge in [0.25, 0.3) is 0 Å². The first-order valence-corrected chi connectivity index (χ1v) is 8.91. The first-order chi connectivity index (χ1) is 11.7. The Kier molecular flexibility index (Phi) is 4.11. The monoisotopic (exact) mass is 320 g/mol. The zero-order valence-corrected chi connectivity index (χ0v) is 14.2. The molecular formula is C21H24N2O. The predicted molar refractivity (Wildman–Crippen MR) is 97.0 cm³/mol. The summed E-state index contributed by atoms with van der Waals surface area (Å²) in [4.78, 5) is 15.0. The molecule has 2 aliphatic rings. The Hall–Kier alpha value is -2.13. The number of nitrogens with zero attached hydrogens (tertiary/aromatic N) is 1. The maximum Gasteiger partial charge on any atom is 0.238 e. The van der Waals surface area contributed by atoms with E-state index in [0.717, 1.165) is 18.5 Å². The van der Waals surface area contributed by atoms with Crippen LogP contribution in [-0.2, 0) is 11.2 Å². The summed E-state index contributed by atoms with van der Waals surface area (Å²) in [6.07, 6.45) is 4.70. The molecule has 1 saturated carbocycles. The van der Waals surface area contributed by atoms with Gasteiger partial charge in [0.05, 0.1) is 6.54 Å². The highest BCUT2D eigenvalue weighted by atomic mass is 16.2. The fourth-order valence-corrected chi connectivity index (χ4v) is 3.78. The maximum atomic E-state index is 12.6. The van der Waals surface area contributed by atoms with Gasteiger partial charge in [0.15, 0.2) is 0 Å². The topological polar surface area (TPSA) is 32.3 Å². The Balaban J connectivity index is 1.46. The molecule has 0 saturated heterocycles. The van der Waals surface area contributed by atoms with Crippen molar-refractivity contribution in [2.24, 2.45) is 0 Å². The van der Waals surface area contributed by atoms with Crippen LogP contribution in [0.2, 0.25) is 0 Å². The maximum absolute atomic E-state index is 12.6. The number of hydrogen-bond donors (Lipinski definition) is 1. The van der Waals surface area contributed by atoms with E-state index in [2.05, 4.69) is 41.4 Å². The van der Waals surface area contributed by atoms with Crippen molar-refractivity contribution < 1.29 is 4.79 Å². The Morgan fingerprint density at radius 2 is 1.83 bits per heavy atom. The van der Waals surface area contributed by atoms with Gasteiger partial charge in [-0.2, -0.15) is 0 Å². The molecule has 0 bridgehead atoms. The average Bonchev–Trinajstić information content (AvgIpc) is 3.34. The standard InChI is InChI=1S/C21H24N2O/c1-15-6-9-17(10-7-15)22-21(24)14-23(18-11-12-18)20-13-8-16-4-2-3-5-19(16)20/h2-7,9-10,18,20H,8,11-14H2,1H3,(H,22,24). The zero-order chi connectivity index (χ0) is 16.5. The Morgan fingerprint density at radius 3 is 2.58 bits per heavy atom. The minimum atomic E-state index is 0.0927. The lowest BCUT2D eigenvalue weighted by molar-refractivity contribution is -0.118. The molecule has 1 atom stereocenters. The van der Waals surface area contributed by atoms with Crippen molar-refractivity contribution in [2.75, 3.05) is 11.9 Å². The molecule has 0 radical (unpaired) electrons. The van der Waals surface area contributed by atoms with Crippen LogP contribution >= 0.6 is 0 Å². The average molecular weight is 320 g/mol. The number of nitrogens with one attached hydrogen (secondary N) is 1. The van der Waals surface area contributed by atoms with Crippen molar-refractivity contribution in [1.29, 1.82) is 0 Å². The number of hydrogen-bond acceptors (Lipinski definition) is 2. The van der Waals surface area contributed by atoms with E-state index in [-0.39, 0.29) is 5.91 Å². The first kappa shape index (κ1) is 15.4. The third kappa shape index (κ3) is 3.22. The molecule has 4 rings (SSSR count). The molecule has 0 aliphatic heterocycles. The lowest BCUT2D eigenvalue weighted by Gasteiger charge is -2.29. The second-order valence-corrected chi connectivity index (χ2v) is 7.07. The van der Waals surface area contributed by atoms with Crippen molar-refractivity contribution in [3.63, 3.8) is 0 Å². The number of fused-ring (bicyclic) bond motifs is 1. The fourth-order valence-electron chi connectivity index (χ4n) is 3.78. The SMILES string of the molecule is Cc1ccc(NC(=O)CN(C2CC2)C2CCc3ccccc32)cc1. The van der Waals surface area contributed by atoms with Crippen molar-refractivity contribution in [3.05, 3.63) is 65.2 Å². The largest absolute Gasteiger partial charge is 0.325 e. The summed E-state index contributed by atoms with van der Waals surface area (Å²) in [5.74, 6) is 0.0927. The van der Waals surface area contributed by atoms with Gasteiger partial charge in [-0.25, -0.2) is 0 Å². The molecule has 3 heteroatoms. The molecule has 124 valence electrons. The van der Waals surface area contributed by atoms with Crippen LogP contribution in [0.5, 0.6) is 0 Å². The van der Waals surface area contributed by atoms with Gasteiger partial charge in [-0.15, -0.1) is 0 Å². The van der Waals surface area contributed by atoms with Gasteiger partial charge in [-0.1, -0.05) is 42.0 Å². The predicted octanol–water partition coefficient (Wildman–Crippen LogP) is 4.09. The van der Waals surface area contributed by atoms with E-state index < -0.39 is 0 Å². The third-order valence-electron chi connectivity index (χ3n) is 5.18. The Bertz CT molecular complexity index is 734. The van der Waals surface area contributed by atoms with Crippen molar-refractivity contribution in [3.8, 4) is 0 Å². The summed E-state index contributed by atoms with van der Waals surface area (Å²) in [5.41, 5.74) is 4.96. The highest BCUT2D eigenvalue weighted by Gasteiger charge is 2.38. The zero-order valence-electron chi connectivity index (χ0n) is 14.2. The molecule has 3 nitrogen and oxygen atoms in total. The molecule has 1 unspecified atom stereocenters. The van der Waals surface area contributed by atoms with Crippen molar-refractivity contribution in [2.45, 2.75) is 44.7 Å². The Morgan fingerprint density at radius 1 is 1.08 bits per heavy atom. The van der Waals surface area contributed by atoms with E-state index in [1.807, 2.05) is 24.3 Å². The molecular weight excluding hydrogens is 296 g/mol. The molecule has 0 spiro atoms. The van der Waals surface area contributed by atoms with Crippen LogP contribution in [0.3, 0.4) is 0 Å². The van der Waals surface area contributed by atoms with Crippen molar-refractivity contribution >= 4 is 11.6 Å². The lowest BCUT2D eigenvalue weighted by atomic mass is 10.1. The van der Waals surface area contributed by atoms with Crippen LogP contribution < -0.4 is 5.32 Å². The number of benzene rings is 2. The molecule has 0 aromatic heterocycles. The molecule has 2 aliphatic carbocycles. The minimum Gasteiger partial charge on any atom is -0.325 e. The summed E-state index contributed by atoms with van der Waals surface area (Å²) in [5, 5.41) is 3.05. The number of carbonyl (C=O) groups excluding carboxylic acids is 1. The van der Waals surface area contributed by atoms with E-state index in [9.17, 15) is 4.79 Å². The van der Waals surface area contributed by atoms with Crippen LogP contribution in [0.4, 0.5) is 5.69 Å². The van der Waals surface area contributed by atoms with Crippen LogP contribution in [0.15, 0.2) is 48.5 Å². The number of carbonyl (C=O) groups is 1. The van der Waals surface area contributed by atoms with E-state index in [4.69, 9.17) is 0 Å². The molecule has 1 N–H and O–H groups in total. The third-order valence-corrected chi connectivity index (χ3v) is 5.18. The number of anilines is 1. The molecule has 24 heavy (non-hydrogen) atoms. The molecule has 2 aromatic carbocycles. The van der Waals surface area contributed by atoms with Crippen molar-refractivity contribution in [1.82, 2.24) is 4.90 Å². The smallest absolute Gasteiger partial charge is 0.238 e. The van der Waals surface area contributed by atoms with E-state index >= 15 is 0 Å². The van der Waals surface area contributed by atoms with Gasteiger partial charge < -0.3 is 5.32 Å². The van der Waals surface area contributed by atoms with Gasteiger partial charge in [-0.05, 0) is 55.9 Å². The molecule has 1 amide bonds. The number of amides is 1. The first-order valence-electron chi connectivity index (χ1n) is 8.91. The summed E-state index contributed by atoms with van der Waals surface area (Å²) in [6.45, 7) is 2.54. The molecule has 2 aromatic rings. The van der Waals surface area contributed by atoms with E-state index in [0.29, 0.717) is 18.6 Å². The second kappa shape index (κ2) is 6.40. The van der Waals surface area contributed by atoms with Gasteiger partial charge in [0, 0.05) is 17.8 Å². The van der Waals surface area contributed by atoms with Gasteiger partial charge in [0.2, 0.25) is 5.91 Å². The summed E-state index contributed by atoms with van der Waals surface area (Å²) >= 11 is 0. The lowest BCUT2D eigenvalue weighted by Crippen LogP contribution is -2.37. The van der Waals surface area contributed by atoms with Gasteiger partial charge in [-0.3, -0.25) is 9.69 Å². The van der Waals surface area contributed by atoms with Crippen LogP contribution in [0.1, 0.15) is 42.0 Å². The van der Waals surface area contributed by atoms with Crippen LogP contribution in [-0.4, -0.2) is 23.4 Å². The summed E-state index contributed by atoms with van der Waals surface area (Å²) in [6, 6.07) is 17.7. The normalized spacial score (nSPS) is 19.3. The van der Waals surface area contributed by atoms with Crippen LogP contribution in [0.25, 0.3) is 0 Å². The highest BCUT2D eigenvalue weighted by Crippen LogP contribution is 2.41. The summed E-state index contributed by atoms with van der Waals surface area (Å²) in [7, 11) is 0. The second-order valence-electron chi connectivity index (χ2n) is 7.07. The van der Waals surface area contributed by atoms with Gasteiger partial charge >= 0.3 is 0 Å². The van der Waals surface area contributed by atoms with Gasteiger partial charge in [0.1, 0.15) is 0 Å². The fraction of sp³-hybridized carbons (Fsp3) is 0.381. The summed E-state index contributed by atoms with van der Waals surface area (Å²) < 4.78 is 0. The quantitative estimate of drug-likeness (QED) is 0.900. The van der Waals surface area contributed by atoms with E-state index in [1.165, 1.54) is 29.5 Å². The number of rotatable bonds is 5. The number of aryl methyl sites for hydroxylation is 2. The molecule has 1 fully saturated rings.